The number of carbonyl (C=O) groups excluding carboxylic acids is 3. The molecule has 0 bridgehead atoms. The minimum Gasteiger partial charge on any atom is -0.384 e. The Morgan fingerprint density at radius 3 is 2.36 bits per heavy atom. The maximum absolute atomic E-state index is 13.0. The Labute approximate surface area is 211 Å². The maximum Gasteiger partial charge on any atom is 0.262 e. The highest BCUT2D eigenvalue weighted by Crippen LogP contribution is 2.31. The van der Waals surface area contributed by atoms with Crippen LogP contribution in [0.4, 0.5) is 11.5 Å². The molecular formula is C26H22ClN5O4. The largest absolute Gasteiger partial charge is 0.384 e. The van der Waals surface area contributed by atoms with Crippen LogP contribution in [-0.2, 0) is 4.79 Å². The zero-order valence-corrected chi connectivity index (χ0v) is 19.9. The molecule has 10 heteroatoms. The lowest BCUT2D eigenvalue weighted by Gasteiger charge is -2.36. The van der Waals surface area contributed by atoms with Gasteiger partial charge in [-0.15, -0.1) is 0 Å². The van der Waals surface area contributed by atoms with Gasteiger partial charge in [-0.05, 0) is 29.8 Å². The lowest BCUT2D eigenvalue weighted by molar-refractivity contribution is -0.126. The molecule has 2 aliphatic heterocycles. The number of pyridine rings is 1. The Kier molecular flexibility index (Phi) is 6.07. The molecule has 0 radical (unpaired) electrons. The minimum atomic E-state index is -0.653. The summed E-state index contributed by atoms with van der Waals surface area (Å²) in [7, 11) is 0. The number of hydrogen-bond acceptors (Lipinski definition) is 6. The van der Waals surface area contributed by atoms with Crippen molar-refractivity contribution in [2.24, 2.45) is 0 Å². The van der Waals surface area contributed by atoms with E-state index in [1.165, 1.54) is 4.57 Å². The van der Waals surface area contributed by atoms with Crippen molar-refractivity contribution in [2.75, 3.05) is 36.8 Å². The normalized spacial score (nSPS) is 15.4. The summed E-state index contributed by atoms with van der Waals surface area (Å²) in [6.07, 6.45) is 3.35. The molecule has 1 aromatic heterocycles. The second-order valence-electron chi connectivity index (χ2n) is 8.46. The summed E-state index contributed by atoms with van der Waals surface area (Å²) in [5.41, 5.74) is 7.61. The molecule has 0 unspecified atom stereocenters. The molecule has 0 saturated carbocycles. The summed E-state index contributed by atoms with van der Waals surface area (Å²) in [5, 5.41) is 2.54. The first-order valence-electron chi connectivity index (χ1n) is 11.3. The van der Waals surface area contributed by atoms with Crippen molar-refractivity contribution in [3.8, 4) is 5.69 Å². The summed E-state index contributed by atoms with van der Waals surface area (Å²) in [4.78, 5) is 53.8. The summed E-state index contributed by atoms with van der Waals surface area (Å²) in [5.74, 6) is -1.52. The summed E-state index contributed by atoms with van der Waals surface area (Å²) in [6, 6.07) is 15.8. The molecule has 1 saturated heterocycles. The molecule has 3 amide bonds. The van der Waals surface area contributed by atoms with Crippen LogP contribution in [0.15, 0.2) is 65.5 Å². The van der Waals surface area contributed by atoms with Crippen molar-refractivity contribution in [3.05, 3.63) is 92.7 Å². The van der Waals surface area contributed by atoms with Crippen LogP contribution in [0.1, 0.15) is 26.3 Å². The van der Waals surface area contributed by atoms with Gasteiger partial charge in [0, 0.05) is 43.3 Å². The number of imide groups is 1. The average molecular weight is 504 g/mol. The zero-order chi connectivity index (χ0) is 25.4. The van der Waals surface area contributed by atoms with Crippen LogP contribution in [0.5, 0.6) is 0 Å². The van der Waals surface area contributed by atoms with E-state index in [1.807, 2.05) is 35.2 Å². The highest BCUT2D eigenvalue weighted by atomic mass is 35.5. The van der Waals surface area contributed by atoms with Gasteiger partial charge in [0.15, 0.2) is 0 Å². The Bertz CT molecular complexity index is 1470. The van der Waals surface area contributed by atoms with E-state index in [0.29, 0.717) is 42.6 Å². The van der Waals surface area contributed by atoms with Crippen LogP contribution in [-0.4, -0.2) is 53.4 Å². The van der Waals surface area contributed by atoms with Crippen LogP contribution < -0.4 is 21.5 Å². The first-order chi connectivity index (χ1) is 17.3. The van der Waals surface area contributed by atoms with Crippen molar-refractivity contribution in [1.29, 1.82) is 0 Å². The Morgan fingerprint density at radius 1 is 0.917 bits per heavy atom. The molecule has 0 aliphatic carbocycles. The number of anilines is 2. The van der Waals surface area contributed by atoms with Crippen molar-refractivity contribution >= 4 is 46.9 Å². The molecule has 3 aromatic rings. The van der Waals surface area contributed by atoms with E-state index in [0.717, 1.165) is 11.6 Å². The second kappa shape index (κ2) is 9.35. The monoisotopic (exact) mass is 503 g/mol. The Hall–Kier alpha value is -4.37. The van der Waals surface area contributed by atoms with Crippen molar-refractivity contribution in [1.82, 2.24) is 14.8 Å². The van der Waals surface area contributed by atoms with E-state index < -0.39 is 17.4 Å². The fourth-order valence-corrected chi connectivity index (χ4v) is 4.64. The predicted molar refractivity (Wildman–Crippen MR) is 138 cm³/mol. The number of carbonyl (C=O) groups is 3. The Morgan fingerprint density at radius 2 is 1.64 bits per heavy atom. The predicted octanol–water partition coefficient (Wildman–Crippen LogP) is 2.32. The number of halogens is 1. The van der Waals surface area contributed by atoms with Gasteiger partial charge in [0.25, 0.3) is 17.4 Å². The number of nitrogens with zero attached hydrogens (tertiary/aromatic N) is 3. The van der Waals surface area contributed by atoms with Gasteiger partial charge in [-0.3, -0.25) is 29.1 Å². The number of nitrogens with one attached hydrogen (secondary N) is 1. The van der Waals surface area contributed by atoms with Crippen molar-refractivity contribution in [3.63, 3.8) is 0 Å². The second-order valence-corrected chi connectivity index (χ2v) is 8.90. The van der Waals surface area contributed by atoms with Gasteiger partial charge in [0.05, 0.1) is 22.5 Å². The molecule has 182 valence electrons. The van der Waals surface area contributed by atoms with Gasteiger partial charge in [-0.2, -0.15) is 0 Å². The molecule has 3 heterocycles. The Balaban J connectivity index is 1.41. The molecule has 1 fully saturated rings. The highest BCUT2D eigenvalue weighted by Gasteiger charge is 2.32. The number of fused-ring (bicyclic) bond motifs is 1. The fourth-order valence-electron chi connectivity index (χ4n) is 4.48. The maximum atomic E-state index is 13.0. The highest BCUT2D eigenvalue weighted by molar-refractivity contribution is 6.31. The standard InChI is InChI=1S/C26H22ClN5O4/c27-17-7-8-19(20(14-17)32-22(34)15-18-23(24(32)28)26(36)29-25(18)35)30-10-12-31(13-11-30)21(33)9-6-16-4-2-1-3-5-16/h1-9,14-15H,10-13,28H2,(H,29,35,36). The number of amides is 3. The van der Waals surface area contributed by atoms with E-state index in [1.54, 1.807) is 35.3 Å². The molecule has 0 atom stereocenters. The van der Waals surface area contributed by atoms with Crippen LogP contribution in [0, 0.1) is 0 Å². The number of nitrogens with two attached hydrogens (primary N) is 1. The van der Waals surface area contributed by atoms with E-state index in [9.17, 15) is 19.2 Å². The van der Waals surface area contributed by atoms with Crippen molar-refractivity contribution in [2.45, 2.75) is 0 Å². The van der Waals surface area contributed by atoms with Gasteiger partial charge in [-0.1, -0.05) is 41.9 Å². The fraction of sp³-hybridized carbons (Fsp3) is 0.154. The molecule has 0 spiro atoms. The SMILES string of the molecule is Nc1c2c(cc(=O)n1-c1cc(Cl)ccc1N1CCN(C(=O)C=Cc3ccccc3)CC1)C(=O)NC2=O. The molecule has 2 aromatic carbocycles. The third kappa shape index (κ3) is 4.25. The number of aromatic nitrogens is 1. The molecule has 2 aliphatic rings. The number of rotatable bonds is 4. The molecule has 3 N–H and O–H groups in total. The number of benzene rings is 2. The van der Waals surface area contributed by atoms with Crippen LogP contribution in [0.25, 0.3) is 11.8 Å². The first-order valence-corrected chi connectivity index (χ1v) is 11.7. The summed E-state index contributed by atoms with van der Waals surface area (Å²) >= 11 is 6.26. The first kappa shape index (κ1) is 23.4. The van der Waals surface area contributed by atoms with E-state index >= 15 is 0 Å². The summed E-state index contributed by atoms with van der Waals surface area (Å²) in [6.45, 7) is 1.98. The lowest BCUT2D eigenvalue weighted by atomic mass is 10.1. The molecule has 5 rings (SSSR count). The van der Waals surface area contributed by atoms with Crippen LogP contribution in [0.3, 0.4) is 0 Å². The summed E-state index contributed by atoms with van der Waals surface area (Å²) < 4.78 is 1.19. The molecule has 36 heavy (non-hydrogen) atoms. The molecular weight excluding hydrogens is 482 g/mol. The molecule has 9 nitrogen and oxygen atoms in total. The number of piperazine rings is 1. The van der Waals surface area contributed by atoms with Gasteiger partial charge >= 0.3 is 0 Å². The smallest absolute Gasteiger partial charge is 0.262 e. The van der Waals surface area contributed by atoms with Gasteiger partial charge in [0.1, 0.15) is 5.82 Å². The van der Waals surface area contributed by atoms with Gasteiger partial charge < -0.3 is 15.5 Å². The van der Waals surface area contributed by atoms with Crippen LogP contribution >= 0.6 is 11.6 Å². The quantitative estimate of drug-likeness (QED) is 0.417. The third-order valence-electron chi connectivity index (χ3n) is 6.28. The lowest BCUT2D eigenvalue weighted by Crippen LogP contribution is -2.48. The third-order valence-corrected chi connectivity index (χ3v) is 6.52. The number of hydrogen-bond donors (Lipinski definition) is 2. The van der Waals surface area contributed by atoms with E-state index in [4.69, 9.17) is 17.3 Å². The zero-order valence-electron chi connectivity index (χ0n) is 19.1. The van der Waals surface area contributed by atoms with Crippen LogP contribution in [0.2, 0.25) is 5.02 Å². The van der Waals surface area contributed by atoms with Gasteiger partial charge in [-0.25, -0.2) is 0 Å². The van der Waals surface area contributed by atoms with Gasteiger partial charge in [0.2, 0.25) is 5.91 Å². The van der Waals surface area contributed by atoms with E-state index in [2.05, 4.69) is 5.32 Å². The number of nitrogen functional groups attached to an aromatic ring is 1. The van der Waals surface area contributed by atoms with E-state index in [-0.39, 0.29) is 22.9 Å². The topological polar surface area (TPSA) is 118 Å². The average Bonchev–Trinajstić information content (AvgIpc) is 3.16. The van der Waals surface area contributed by atoms with Crippen molar-refractivity contribution < 1.29 is 14.4 Å². The minimum absolute atomic E-state index is 0.0360.